The average molecular weight is 304 g/mol. The van der Waals surface area contributed by atoms with Crippen molar-refractivity contribution in [2.24, 2.45) is 5.73 Å². The van der Waals surface area contributed by atoms with Crippen LogP contribution in [-0.2, 0) is 0 Å². The summed E-state index contributed by atoms with van der Waals surface area (Å²) < 4.78 is 10.8. The summed E-state index contributed by atoms with van der Waals surface area (Å²) in [5.41, 5.74) is 6.45. The van der Waals surface area contributed by atoms with E-state index in [0.717, 1.165) is 25.7 Å². The summed E-state index contributed by atoms with van der Waals surface area (Å²) in [5, 5.41) is 3.06. The molecule has 1 aromatic carbocycles. The smallest absolute Gasteiger partial charge is 0.251 e. The number of carbonyl (C=O) groups excluding carboxylic acids is 1. The van der Waals surface area contributed by atoms with Gasteiger partial charge in [0.1, 0.15) is 6.61 Å². The molecule has 0 heterocycles. The number of nitrogens with two attached hydrogens (primary N) is 1. The summed E-state index contributed by atoms with van der Waals surface area (Å²) in [4.78, 5) is 12.3. The van der Waals surface area contributed by atoms with Gasteiger partial charge in [0.25, 0.3) is 5.91 Å². The van der Waals surface area contributed by atoms with Gasteiger partial charge in [-0.2, -0.15) is 0 Å². The number of benzene rings is 1. The number of methoxy groups -OCH3 is 1. The molecular weight excluding hydrogens is 280 g/mol. The first-order valence-electron chi connectivity index (χ1n) is 7.62. The Hall–Kier alpha value is -2.01. The predicted molar refractivity (Wildman–Crippen MR) is 86.4 cm³/mol. The van der Waals surface area contributed by atoms with Gasteiger partial charge < -0.3 is 20.5 Å². The number of ether oxygens (including phenoxy) is 2. The van der Waals surface area contributed by atoms with E-state index in [2.05, 4.69) is 11.9 Å². The fourth-order valence-electron chi connectivity index (χ4n) is 2.61. The van der Waals surface area contributed by atoms with E-state index in [-0.39, 0.29) is 18.0 Å². The standard InChI is InChI=1S/C17H24N2O3/c1-3-10-22-15-9-4-12(11-16(15)21-2)17(20)19-14-7-5-13(18)6-8-14/h3-4,9,11,13-14H,1,5-8,10,18H2,2H3,(H,19,20). The highest BCUT2D eigenvalue weighted by Crippen LogP contribution is 2.28. The van der Waals surface area contributed by atoms with Gasteiger partial charge in [0.2, 0.25) is 0 Å². The van der Waals surface area contributed by atoms with Crippen LogP contribution in [0.1, 0.15) is 36.0 Å². The van der Waals surface area contributed by atoms with Crippen LogP contribution in [0.4, 0.5) is 0 Å². The third kappa shape index (κ3) is 4.24. The maximum atomic E-state index is 12.3. The van der Waals surface area contributed by atoms with E-state index in [0.29, 0.717) is 23.7 Å². The Kier molecular flexibility index (Phi) is 5.83. The van der Waals surface area contributed by atoms with Crippen molar-refractivity contribution >= 4 is 5.91 Å². The van der Waals surface area contributed by atoms with Gasteiger partial charge in [0, 0.05) is 17.6 Å². The first-order chi connectivity index (χ1) is 10.6. The van der Waals surface area contributed by atoms with Crippen molar-refractivity contribution in [2.75, 3.05) is 13.7 Å². The zero-order valence-electron chi connectivity index (χ0n) is 13.0. The van der Waals surface area contributed by atoms with E-state index in [9.17, 15) is 4.79 Å². The van der Waals surface area contributed by atoms with Crippen LogP contribution in [0.5, 0.6) is 11.5 Å². The molecule has 5 heteroatoms. The normalized spacial score (nSPS) is 21.0. The second-order valence-electron chi connectivity index (χ2n) is 5.55. The van der Waals surface area contributed by atoms with Crippen LogP contribution in [0.15, 0.2) is 30.9 Å². The summed E-state index contributed by atoms with van der Waals surface area (Å²) in [6, 6.07) is 5.66. The molecule has 1 aliphatic carbocycles. The van der Waals surface area contributed by atoms with Gasteiger partial charge in [0.15, 0.2) is 11.5 Å². The van der Waals surface area contributed by atoms with Crippen LogP contribution in [0.25, 0.3) is 0 Å². The number of hydrogen-bond donors (Lipinski definition) is 2. The van der Waals surface area contributed by atoms with Gasteiger partial charge in [-0.05, 0) is 43.9 Å². The molecule has 1 aromatic rings. The second-order valence-corrected chi connectivity index (χ2v) is 5.55. The highest BCUT2D eigenvalue weighted by Gasteiger charge is 2.21. The molecule has 1 fully saturated rings. The minimum absolute atomic E-state index is 0.0888. The molecule has 0 radical (unpaired) electrons. The lowest BCUT2D eigenvalue weighted by atomic mass is 9.91. The van der Waals surface area contributed by atoms with Crippen LogP contribution in [0.3, 0.4) is 0 Å². The molecular formula is C17H24N2O3. The molecule has 0 bridgehead atoms. The Morgan fingerprint density at radius 3 is 2.73 bits per heavy atom. The van der Waals surface area contributed by atoms with E-state index in [1.165, 1.54) is 0 Å². The van der Waals surface area contributed by atoms with Crippen molar-refractivity contribution in [1.82, 2.24) is 5.32 Å². The third-order valence-corrected chi connectivity index (χ3v) is 3.89. The fraction of sp³-hybridized carbons (Fsp3) is 0.471. The molecule has 1 amide bonds. The molecule has 0 aromatic heterocycles. The van der Waals surface area contributed by atoms with E-state index < -0.39 is 0 Å². The summed E-state index contributed by atoms with van der Waals surface area (Å²) in [7, 11) is 1.56. The lowest BCUT2D eigenvalue weighted by Gasteiger charge is -2.26. The van der Waals surface area contributed by atoms with E-state index in [4.69, 9.17) is 15.2 Å². The van der Waals surface area contributed by atoms with Gasteiger partial charge in [-0.15, -0.1) is 0 Å². The van der Waals surface area contributed by atoms with Crippen LogP contribution in [0, 0.1) is 0 Å². The van der Waals surface area contributed by atoms with Crippen molar-refractivity contribution in [2.45, 2.75) is 37.8 Å². The van der Waals surface area contributed by atoms with Gasteiger partial charge >= 0.3 is 0 Å². The number of rotatable bonds is 6. The molecule has 1 aliphatic rings. The van der Waals surface area contributed by atoms with E-state index in [1.54, 1.807) is 31.4 Å². The highest BCUT2D eigenvalue weighted by molar-refractivity contribution is 5.95. The molecule has 3 N–H and O–H groups in total. The quantitative estimate of drug-likeness (QED) is 0.791. The lowest BCUT2D eigenvalue weighted by Crippen LogP contribution is -2.40. The summed E-state index contributed by atoms with van der Waals surface area (Å²) >= 11 is 0. The molecule has 5 nitrogen and oxygen atoms in total. The van der Waals surface area contributed by atoms with Crippen molar-refractivity contribution in [3.8, 4) is 11.5 Å². The van der Waals surface area contributed by atoms with Crippen molar-refractivity contribution in [3.05, 3.63) is 36.4 Å². The highest BCUT2D eigenvalue weighted by atomic mass is 16.5. The van der Waals surface area contributed by atoms with Crippen molar-refractivity contribution < 1.29 is 14.3 Å². The Bertz CT molecular complexity index is 523. The van der Waals surface area contributed by atoms with Crippen molar-refractivity contribution in [3.63, 3.8) is 0 Å². The van der Waals surface area contributed by atoms with Crippen LogP contribution < -0.4 is 20.5 Å². The third-order valence-electron chi connectivity index (χ3n) is 3.89. The first-order valence-corrected chi connectivity index (χ1v) is 7.62. The maximum Gasteiger partial charge on any atom is 0.251 e. The summed E-state index contributed by atoms with van der Waals surface area (Å²) in [6.07, 6.45) is 5.45. The minimum Gasteiger partial charge on any atom is -0.493 e. The number of hydrogen-bond acceptors (Lipinski definition) is 4. The topological polar surface area (TPSA) is 73.6 Å². The minimum atomic E-state index is -0.0888. The Morgan fingerprint density at radius 2 is 2.09 bits per heavy atom. The summed E-state index contributed by atoms with van der Waals surface area (Å²) in [5.74, 6) is 1.05. The van der Waals surface area contributed by atoms with Gasteiger partial charge in [-0.25, -0.2) is 0 Å². The zero-order chi connectivity index (χ0) is 15.9. The molecule has 0 spiro atoms. The lowest BCUT2D eigenvalue weighted by molar-refractivity contribution is 0.0925. The Balaban J connectivity index is 2.01. The number of amides is 1. The van der Waals surface area contributed by atoms with Crippen molar-refractivity contribution in [1.29, 1.82) is 0 Å². The Labute approximate surface area is 131 Å². The first kappa shape index (κ1) is 16.4. The maximum absolute atomic E-state index is 12.3. The number of nitrogens with one attached hydrogen (secondary N) is 1. The van der Waals surface area contributed by atoms with Gasteiger partial charge in [-0.1, -0.05) is 12.7 Å². The zero-order valence-corrected chi connectivity index (χ0v) is 13.0. The molecule has 2 rings (SSSR count). The van der Waals surface area contributed by atoms with Gasteiger partial charge in [-0.3, -0.25) is 4.79 Å². The largest absolute Gasteiger partial charge is 0.493 e. The Morgan fingerprint density at radius 1 is 1.36 bits per heavy atom. The molecule has 0 aliphatic heterocycles. The van der Waals surface area contributed by atoms with Gasteiger partial charge in [0.05, 0.1) is 7.11 Å². The second kappa shape index (κ2) is 7.84. The van der Waals surface area contributed by atoms with Crippen LogP contribution >= 0.6 is 0 Å². The monoisotopic (exact) mass is 304 g/mol. The molecule has 0 atom stereocenters. The van der Waals surface area contributed by atoms with Crippen LogP contribution in [-0.4, -0.2) is 31.7 Å². The number of carbonyl (C=O) groups is 1. The van der Waals surface area contributed by atoms with E-state index in [1.807, 2.05) is 0 Å². The molecule has 120 valence electrons. The molecule has 1 saturated carbocycles. The average Bonchev–Trinajstić information content (AvgIpc) is 2.54. The fourth-order valence-corrected chi connectivity index (χ4v) is 2.61. The SMILES string of the molecule is C=CCOc1ccc(C(=O)NC2CCC(N)CC2)cc1OC. The predicted octanol–water partition coefficient (Wildman–Crippen LogP) is 2.26. The molecule has 0 unspecified atom stereocenters. The van der Waals surface area contributed by atoms with Crippen LogP contribution in [0.2, 0.25) is 0 Å². The van der Waals surface area contributed by atoms with E-state index >= 15 is 0 Å². The molecule has 22 heavy (non-hydrogen) atoms. The summed E-state index contributed by atoms with van der Waals surface area (Å²) in [6.45, 7) is 4.00. The molecule has 0 saturated heterocycles.